The molecule has 0 unspecified atom stereocenters. The van der Waals surface area contributed by atoms with Crippen LogP contribution >= 0.6 is 23.2 Å². The molecule has 2 nitrogen and oxygen atoms in total. The van der Waals surface area contributed by atoms with E-state index in [1.54, 1.807) is 18.2 Å². The molecule has 2 rings (SSSR count). The van der Waals surface area contributed by atoms with Crippen LogP contribution in [0.3, 0.4) is 0 Å². The molecule has 0 saturated carbocycles. The van der Waals surface area contributed by atoms with Crippen LogP contribution in [-0.4, -0.2) is 0 Å². The number of rotatable bonds is 2. The third kappa shape index (κ3) is 2.17. The first-order valence-electron chi connectivity index (χ1n) is 4.45. The summed E-state index contributed by atoms with van der Waals surface area (Å²) in [4.78, 5) is 0. The molecule has 1 heterocycles. The van der Waals surface area contributed by atoms with Gasteiger partial charge in [0.05, 0.1) is 11.6 Å². The molecule has 2 aromatic rings. The highest BCUT2D eigenvalue weighted by Gasteiger charge is 2.08. The first-order chi connectivity index (χ1) is 7.20. The van der Waals surface area contributed by atoms with E-state index in [0.717, 1.165) is 11.3 Å². The molecule has 0 saturated heterocycles. The van der Waals surface area contributed by atoms with Crippen LogP contribution < -0.4 is 5.73 Å². The zero-order valence-electron chi connectivity index (χ0n) is 7.84. The Kier molecular flexibility index (Phi) is 3.00. The summed E-state index contributed by atoms with van der Waals surface area (Å²) in [6, 6.07) is 8.90. The Labute approximate surface area is 97.6 Å². The summed E-state index contributed by atoms with van der Waals surface area (Å²) in [6.45, 7) is 0.373. The molecule has 1 aromatic carbocycles. The smallest absolute Gasteiger partial charge is 0.135 e. The van der Waals surface area contributed by atoms with E-state index in [2.05, 4.69) is 0 Å². The lowest BCUT2D eigenvalue weighted by atomic mass is 10.2. The Morgan fingerprint density at radius 3 is 2.60 bits per heavy atom. The summed E-state index contributed by atoms with van der Waals surface area (Å²) < 4.78 is 5.49. The minimum Gasteiger partial charge on any atom is -0.460 e. The van der Waals surface area contributed by atoms with E-state index in [1.165, 1.54) is 0 Å². The summed E-state index contributed by atoms with van der Waals surface area (Å²) in [5.74, 6) is 1.41. The average Bonchev–Trinajstić information content (AvgIpc) is 2.70. The van der Waals surface area contributed by atoms with Crippen molar-refractivity contribution in [3.63, 3.8) is 0 Å². The molecule has 0 bridgehead atoms. The standard InChI is InChI=1S/C11H9Cl2NO/c12-7-1-3-10(13)9(5-7)11-4-2-8(6-14)15-11/h1-5H,6,14H2. The Bertz CT molecular complexity index is 479. The lowest BCUT2D eigenvalue weighted by Gasteiger charge is -2.01. The molecular formula is C11H9Cl2NO. The van der Waals surface area contributed by atoms with Crippen LogP contribution in [0, 0.1) is 0 Å². The van der Waals surface area contributed by atoms with Gasteiger partial charge in [0.15, 0.2) is 0 Å². The number of hydrogen-bond acceptors (Lipinski definition) is 2. The van der Waals surface area contributed by atoms with Gasteiger partial charge in [0.2, 0.25) is 0 Å². The largest absolute Gasteiger partial charge is 0.460 e. The van der Waals surface area contributed by atoms with Crippen molar-refractivity contribution in [3.05, 3.63) is 46.1 Å². The van der Waals surface area contributed by atoms with Crippen LogP contribution in [0.4, 0.5) is 0 Å². The van der Waals surface area contributed by atoms with Gasteiger partial charge in [0.1, 0.15) is 11.5 Å². The van der Waals surface area contributed by atoms with E-state index >= 15 is 0 Å². The predicted octanol–water partition coefficient (Wildman–Crippen LogP) is 3.71. The van der Waals surface area contributed by atoms with Crippen molar-refractivity contribution in [3.8, 4) is 11.3 Å². The highest BCUT2D eigenvalue weighted by Crippen LogP contribution is 2.31. The average molecular weight is 242 g/mol. The fourth-order valence-corrected chi connectivity index (χ4v) is 1.70. The maximum absolute atomic E-state index is 6.03. The first kappa shape index (κ1) is 10.6. The molecule has 0 radical (unpaired) electrons. The van der Waals surface area contributed by atoms with Gasteiger partial charge in [-0.25, -0.2) is 0 Å². The molecular weight excluding hydrogens is 233 g/mol. The van der Waals surface area contributed by atoms with E-state index in [1.807, 2.05) is 12.1 Å². The van der Waals surface area contributed by atoms with E-state index in [0.29, 0.717) is 22.4 Å². The van der Waals surface area contributed by atoms with Crippen molar-refractivity contribution in [2.24, 2.45) is 5.73 Å². The minimum absolute atomic E-state index is 0.373. The zero-order chi connectivity index (χ0) is 10.8. The van der Waals surface area contributed by atoms with Gasteiger partial charge >= 0.3 is 0 Å². The monoisotopic (exact) mass is 241 g/mol. The predicted molar refractivity (Wildman–Crippen MR) is 62.1 cm³/mol. The quantitative estimate of drug-likeness (QED) is 0.871. The Morgan fingerprint density at radius 2 is 1.93 bits per heavy atom. The second-order valence-corrected chi connectivity index (χ2v) is 3.94. The Morgan fingerprint density at radius 1 is 1.13 bits per heavy atom. The maximum atomic E-state index is 6.03. The summed E-state index contributed by atoms with van der Waals surface area (Å²) in [6.07, 6.45) is 0. The molecule has 4 heteroatoms. The highest BCUT2D eigenvalue weighted by atomic mass is 35.5. The molecule has 0 aliphatic carbocycles. The lowest BCUT2D eigenvalue weighted by Crippen LogP contribution is -1.92. The van der Waals surface area contributed by atoms with Crippen molar-refractivity contribution >= 4 is 23.2 Å². The van der Waals surface area contributed by atoms with Crippen molar-refractivity contribution in [1.82, 2.24) is 0 Å². The van der Waals surface area contributed by atoms with E-state index in [4.69, 9.17) is 33.4 Å². The van der Waals surface area contributed by atoms with Gasteiger partial charge in [-0.2, -0.15) is 0 Å². The molecule has 0 fully saturated rings. The van der Waals surface area contributed by atoms with Gasteiger partial charge in [-0.05, 0) is 30.3 Å². The van der Waals surface area contributed by atoms with Crippen LogP contribution in [0.2, 0.25) is 10.0 Å². The number of nitrogens with two attached hydrogens (primary N) is 1. The SMILES string of the molecule is NCc1ccc(-c2cc(Cl)ccc2Cl)o1. The number of benzene rings is 1. The first-order valence-corrected chi connectivity index (χ1v) is 5.20. The molecule has 0 aliphatic rings. The highest BCUT2D eigenvalue weighted by molar-refractivity contribution is 6.35. The van der Waals surface area contributed by atoms with E-state index in [9.17, 15) is 0 Å². The zero-order valence-corrected chi connectivity index (χ0v) is 9.35. The summed E-state index contributed by atoms with van der Waals surface area (Å²) in [7, 11) is 0. The van der Waals surface area contributed by atoms with Gasteiger partial charge in [-0.1, -0.05) is 23.2 Å². The number of furan rings is 1. The molecule has 0 amide bonds. The van der Waals surface area contributed by atoms with Crippen LogP contribution in [0.15, 0.2) is 34.7 Å². The summed E-state index contributed by atoms with van der Waals surface area (Å²) in [5, 5.41) is 1.23. The van der Waals surface area contributed by atoms with Crippen LogP contribution in [-0.2, 0) is 6.54 Å². The molecule has 78 valence electrons. The summed E-state index contributed by atoms with van der Waals surface area (Å²) in [5.41, 5.74) is 6.24. The molecule has 0 atom stereocenters. The van der Waals surface area contributed by atoms with E-state index < -0.39 is 0 Å². The number of halogens is 2. The van der Waals surface area contributed by atoms with E-state index in [-0.39, 0.29) is 0 Å². The minimum atomic E-state index is 0.373. The van der Waals surface area contributed by atoms with Crippen molar-refractivity contribution in [1.29, 1.82) is 0 Å². The maximum Gasteiger partial charge on any atom is 0.135 e. The topological polar surface area (TPSA) is 39.2 Å². The Balaban J connectivity index is 2.48. The third-order valence-corrected chi connectivity index (χ3v) is 2.62. The van der Waals surface area contributed by atoms with Crippen LogP contribution in [0.5, 0.6) is 0 Å². The lowest BCUT2D eigenvalue weighted by molar-refractivity contribution is 0.525. The van der Waals surface area contributed by atoms with Gasteiger partial charge < -0.3 is 10.2 Å². The fraction of sp³-hybridized carbons (Fsp3) is 0.0909. The fourth-order valence-electron chi connectivity index (χ4n) is 1.32. The molecule has 0 spiro atoms. The van der Waals surface area contributed by atoms with Crippen molar-refractivity contribution in [2.45, 2.75) is 6.54 Å². The van der Waals surface area contributed by atoms with Crippen LogP contribution in [0.25, 0.3) is 11.3 Å². The third-order valence-electron chi connectivity index (χ3n) is 2.06. The Hall–Kier alpha value is -0.960. The number of hydrogen-bond donors (Lipinski definition) is 1. The van der Waals surface area contributed by atoms with Gasteiger partial charge in [-0.3, -0.25) is 0 Å². The second-order valence-electron chi connectivity index (χ2n) is 3.09. The second kappa shape index (κ2) is 4.27. The van der Waals surface area contributed by atoms with Gasteiger partial charge in [0, 0.05) is 10.6 Å². The van der Waals surface area contributed by atoms with Gasteiger partial charge in [0.25, 0.3) is 0 Å². The molecule has 15 heavy (non-hydrogen) atoms. The van der Waals surface area contributed by atoms with Crippen molar-refractivity contribution < 1.29 is 4.42 Å². The molecule has 0 aliphatic heterocycles. The normalized spacial score (nSPS) is 10.6. The van der Waals surface area contributed by atoms with Crippen LogP contribution in [0.1, 0.15) is 5.76 Å². The molecule has 1 aromatic heterocycles. The van der Waals surface area contributed by atoms with Gasteiger partial charge in [-0.15, -0.1) is 0 Å². The summed E-state index contributed by atoms with van der Waals surface area (Å²) >= 11 is 11.9. The van der Waals surface area contributed by atoms with Crippen molar-refractivity contribution in [2.75, 3.05) is 0 Å². The molecule has 2 N–H and O–H groups in total.